The summed E-state index contributed by atoms with van der Waals surface area (Å²) in [6.45, 7) is 2.64. The summed E-state index contributed by atoms with van der Waals surface area (Å²) in [6.07, 6.45) is 6.22. The highest BCUT2D eigenvalue weighted by atomic mass is 16.3. The van der Waals surface area contributed by atoms with E-state index in [4.69, 9.17) is 5.73 Å². The van der Waals surface area contributed by atoms with Crippen LogP contribution in [0.25, 0.3) is 0 Å². The standard InChI is InChI=1S/C19H33N3O4/c1-13(9-17(20)24)10-19(26)22(12-14-5-3-2-4-6-14)15-7-8-18(25)21-11-16(15)23/h13-16,23H,2-12H2,1H3,(H2,20,24)(H,21,25)/t13-,15?,16?/m0/s1. The lowest BCUT2D eigenvalue weighted by Gasteiger charge is -2.37. The van der Waals surface area contributed by atoms with E-state index in [-0.39, 0.29) is 43.2 Å². The number of primary amides is 1. The van der Waals surface area contributed by atoms with Gasteiger partial charge in [0.1, 0.15) is 0 Å². The van der Waals surface area contributed by atoms with Crippen molar-refractivity contribution < 1.29 is 19.5 Å². The van der Waals surface area contributed by atoms with Gasteiger partial charge in [-0.05, 0) is 31.1 Å². The zero-order valence-electron chi connectivity index (χ0n) is 15.8. The summed E-state index contributed by atoms with van der Waals surface area (Å²) < 4.78 is 0. The van der Waals surface area contributed by atoms with Gasteiger partial charge in [-0.25, -0.2) is 0 Å². The van der Waals surface area contributed by atoms with E-state index in [0.29, 0.717) is 25.3 Å². The molecule has 26 heavy (non-hydrogen) atoms. The van der Waals surface area contributed by atoms with E-state index in [1.54, 1.807) is 4.90 Å². The Balaban J connectivity index is 2.09. The summed E-state index contributed by atoms with van der Waals surface area (Å²) in [5.41, 5.74) is 5.25. The summed E-state index contributed by atoms with van der Waals surface area (Å²) in [5.74, 6) is -0.232. The maximum atomic E-state index is 13.0. The largest absolute Gasteiger partial charge is 0.389 e. The number of amides is 3. The molecule has 3 atom stereocenters. The van der Waals surface area contributed by atoms with Crippen molar-refractivity contribution in [1.29, 1.82) is 0 Å². The molecule has 3 amide bonds. The molecular weight excluding hydrogens is 334 g/mol. The molecule has 2 unspecified atom stereocenters. The van der Waals surface area contributed by atoms with Gasteiger partial charge in [0.2, 0.25) is 17.7 Å². The van der Waals surface area contributed by atoms with E-state index in [0.717, 1.165) is 12.8 Å². The average molecular weight is 367 g/mol. The van der Waals surface area contributed by atoms with E-state index in [1.165, 1.54) is 19.3 Å². The molecule has 2 aliphatic rings. The molecule has 4 N–H and O–H groups in total. The van der Waals surface area contributed by atoms with Gasteiger partial charge in [0.05, 0.1) is 12.1 Å². The maximum absolute atomic E-state index is 13.0. The molecule has 0 aromatic rings. The molecule has 1 heterocycles. The minimum absolute atomic E-state index is 0.0530. The van der Waals surface area contributed by atoms with Crippen molar-refractivity contribution >= 4 is 17.7 Å². The quantitative estimate of drug-likeness (QED) is 0.621. The smallest absolute Gasteiger partial charge is 0.223 e. The number of hydrogen-bond donors (Lipinski definition) is 3. The lowest BCUT2D eigenvalue weighted by Crippen LogP contribution is -2.51. The molecule has 7 nitrogen and oxygen atoms in total. The summed E-state index contributed by atoms with van der Waals surface area (Å²) in [4.78, 5) is 37.6. The Morgan fingerprint density at radius 2 is 1.92 bits per heavy atom. The Labute approximate surface area is 155 Å². The van der Waals surface area contributed by atoms with Crippen LogP contribution in [0.15, 0.2) is 0 Å². The van der Waals surface area contributed by atoms with Gasteiger partial charge in [0.25, 0.3) is 0 Å². The van der Waals surface area contributed by atoms with Crippen molar-refractivity contribution in [3.05, 3.63) is 0 Å². The molecule has 1 aliphatic carbocycles. The molecule has 1 aliphatic heterocycles. The predicted molar refractivity (Wildman–Crippen MR) is 97.9 cm³/mol. The van der Waals surface area contributed by atoms with Gasteiger partial charge >= 0.3 is 0 Å². The number of nitrogens with two attached hydrogens (primary N) is 1. The van der Waals surface area contributed by atoms with Gasteiger partial charge in [-0.1, -0.05) is 26.2 Å². The molecule has 1 saturated carbocycles. The van der Waals surface area contributed by atoms with Crippen molar-refractivity contribution in [1.82, 2.24) is 10.2 Å². The van der Waals surface area contributed by atoms with Crippen LogP contribution in [-0.2, 0) is 14.4 Å². The molecule has 148 valence electrons. The van der Waals surface area contributed by atoms with Crippen LogP contribution in [0.2, 0.25) is 0 Å². The number of aliphatic hydroxyl groups is 1. The predicted octanol–water partition coefficient (Wildman–Crippen LogP) is 0.936. The number of carbonyl (C=O) groups excluding carboxylic acids is 3. The van der Waals surface area contributed by atoms with Crippen LogP contribution in [0.5, 0.6) is 0 Å². The first-order chi connectivity index (χ1) is 12.4. The van der Waals surface area contributed by atoms with Gasteiger partial charge in [-0.15, -0.1) is 0 Å². The molecule has 0 radical (unpaired) electrons. The van der Waals surface area contributed by atoms with Crippen LogP contribution in [0.1, 0.15) is 64.7 Å². The third-order valence-electron chi connectivity index (χ3n) is 5.59. The molecule has 0 aromatic heterocycles. The Kier molecular flexibility index (Phi) is 7.87. The molecule has 0 spiro atoms. The molecule has 1 saturated heterocycles. The first-order valence-electron chi connectivity index (χ1n) is 9.89. The topological polar surface area (TPSA) is 113 Å². The second kappa shape index (κ2) is 9.90. The zero-order chi connectivity index (χ0) is 19.1. The normalized spacial score (nSPS) is 25.8. The summed E-state index contributed by atoms with van der Waals surface area (Å²) in [6, 6.07) is -0.357. The van der Waals surface area contributed by atoms with Crippen LogP contribution < -0.4 is 11.1 Å². The SMILES string of the molecule is C[C@@H](CC(N)=O)CC(=O)N(CC1CCCCC1)C1CCC(=O)NCC1O. The summed E-state index contributed by atoms with van der Waals surface area (Å²) in [5, 5.41) is 13.2. The number of carbonyl (C=O) groups is 3. The highest BCUT2D eigenvalue weighted by Crippen LogP contribution is 2.27. The average Bonchev–Trinajstić information content (AvgIpc) is 2.74. The molecule has 2 rings (SSSR count). The number of β-amino-alcohol motifs (C(OH)–C–C–N with tert-alkyl or cyclic N) is 1. The molecule has 0 bridgehead atoms. The van der Waals surface area contributed by atoms with Gasteiger partial charge in [0.15, 0.2) is 0 Å². The lowest BCUT2D eigenvalue weighted by atomic mass is 9.88. The summed E-state index contributed by atoms with van der Waals surface area (Å²) >= 11 is 0. The molecule has 7 heteroatoms. The van der Waals surface area contributed by atoms with E-state index in [2.05, 4.69) is 5.32 Å². The Bertz CT molecular complexity index is 505. The van der Waals surface area contributed by atoms with E-state index >= 15 is 0 Å². The van der Waals surface area contributed by atoms with Gasteiger partial charge in [-0.2, -0.15) is 0 Å². The fourth-order valence-electron chi connectivity index (χ4n) is 4.18. The number of rotatable bonds is 7. The third-order valence-corrected chi connectivity index (χ3v) is 5.59. The first-order valence-corrected chi connectivity index (χ1v) is 9.89. The van der Waals surface area contributed by atoms with Crippen molar-refractivity contribution in [3.63, 3.8) is 0 Å². The minimum Gasteiger partial charge on any atom is -0.389 e. The van der Waals surface area contributed by atoms with E-state index in [1.807, 2.05) is 6.92 Å². The first kappa shape index (κ1) is 20.7. The maximum Gasteiger partial charge on any atom is 0.223 e. The summed E-state index contributed by atoms with van der Waals surface area (Å²) in [7, 11) is 0. The molecule has 2 fully saturated rings. The van der Waals surface area contributed by atoms with Crippen molar-refractivity contribution in [2.24, 2.45) is 17.6 Å². The second-order valence-corrected chi connectivity index (χ2v) is 8.01. The highest BCUT2D eigenvalue weighted by Gasteiger charge is 2.34. The fourth-order valence-corrected chi connectivity index (χ4v) is 4.18. The van der Waals surface area contributed by atoms with Crippen LogP contribution in [-0.4, -0.2) is 53.0 Å². The van der Waals surface area contributed by atoms with Crippen LogP contribution in [0.3, 0.4) is 0 Å². The van der Waals surface area contributed by atoms with Gasteiger partial charge in [0, 0.05) is 32.4 Å². The van der Waals surface area contributed by atoms with Crippen molar-refractivity contribution in [2.45, 2.75) is 76.9 Å². The number of nitrogens with zero attached hydrogens (tertiary/aromatic N) is 1. The van der Waals surface area contributed by atoms with Gasteiger partial charge < -0.3 is 21.1 Å². The Morgan fingerprint density at radius 3 is 2.58 bits per heavy atom. The van der Waals surface area contributed by atoms with Crippen molar-refractivity contribution in [2.75, 3.05) is 13.1 Å². The highest BCUT2D eigenvalue weighted by molar-refractivity contribution is 5.79. The number of hydrogen-bond acceptors (Lipinski definition) is 4. The Morgan fingerprint density at radius 1 is 1.23 bits per heavy atom. The van der Waals surface area contributed by atoms with E-state index < -0.39 is 12.0 Å². The fraction of sp³-hybridized carbons (Fsp3) is 0.842. The van der Waals surface area contributed by atoms with Crippen LogP contribution in [0, 0.1) is 11.8 Å². The van der Waals surface area contributed by atoms with Gasteiger partial charge in [-0.3, -0.25) is 14.4 Å². The number of nitrogens with one attached hydrogen (secondary N) is 1. The van der Waals surface area contributed by atoms with Crippen molar-refractivity contribution in [3.8, 4) is 0 Å². The van der Waals surface area contributed by atoms with Crippen LogP contribution in [0.4, 0.5) is 0 Å². The minimum atomic E-state index is -0.763. The lowest BCUT2D eigenvalue weighted by molar-refractivity contribution is -0.138. The Hall–Kier alpha value is -1.63. The van der Waals surface area contributed by atoms with E-state index in [9.17, 15) is 19.5 Å². The zero-order valence-corrected chi connectivity index (χ0v) is 15.8. The molecule has 0 aromatic carbocycles. The third kappa shape index (κ3) is 6.27. The number of aliphatic hydroxyl groups excluding tert-OH is 1. The monoisotopic (exact) mass is 367 g/mol. The molecular formula is C19H33N3O4. The van der Waals surface area contributed by atoms with Crippen LogP contribution >= 0.6 is 0 Å². The second-order valence-electron chi connectivity index (χ2n) is 8.01.